The summed E-state index contributed by atoms with van der Waals surface area (Å²) in [4.78, 5) is 17.4. The van der Waals surface area contributed by atoms with Crippen LogP contribution in [0.1, 0.15) is 23.6 Å². The minimum absolute atomic E-state index is 0.0184. The van der Waals surface area contributed by atoms with Gasteiger partial charge < -0.3 is 10.1 Å². The molecule has 1 amide bonds. The van der Waals surface area contributed by atoms with E-state index in [1.165, 1.54) is 5.56 Å². The van der Waals surface area contributed by atoms with Crippen molar-refractivity contribution in [3.8, 4) is 6.07 Å². The molecule has 2 fully saturated rings. The lowest BCUT2D eigenvalue weighted by Crippen LogP contribution is -2.62. The van der Waals surface area contributed by atoms with Gasteiger partial charge in [0.15, 0.2) is 0 Å². The van der Waals surface area contributed by atoms with Crippen LogP contribution in [-0.4, -0.2) is 66.7 Å². The van der Waals surface area contributed by atoms with E-state index in [9.17, 15) is 4.79 Å². The van der Waals surface area contributed by atoms with E-state index in [2.05, 4.69) is 27.3 Å². The summed E-state index contributed by atoms with van der Waals surface area (Å²) in [6.45, 7) is 6.64. The van der Waals surface area contributed by atoms with Crippen molar-refractivity contribution in [2.75, 3.05) is 32.7 Å². The van der Waals surface area contributed by atoms with E-state index in [1.807, 2.05) is 37.3 Å². The van der Waals surface area contributed by atoms with Crippen molar-refractivity contribution < 1.29 is 9.53 Å². The second kappa shape index (κ2) is 10.5. The molecular weight excluding hydrogens is 424 g/mol. The molecule has 2 aromatic rings. The molecule has 0 aromatic heterocycles. The van der Waals surface area contributed by atoms with Crippen molar-refractivity contribution in [2.45, 2.75) is 38.1 Å². The van der Waals surface area contributed by atoms with E-state index in [1.54, 1.807) is 12.1 Å². The van der Waals surface area contributed by atoms with Crippen molar-refractivity contribution in [2.24, 2.45) is 0 Å². The molecule has 0 saturated carbocycles. The summed E-state index contributed by atoms with van der Waals surface area (Å²) in [7, 11) is 0. The third-order valence-corrected chi connectivity index (χ3v) is 6.69. The van der Waals surface area contributed by atoms with Crippen LogP contribution < -0.4 is 5.32 Å². The highest BCUT2D eigenvalue weighted by atomic mass is 35.5. The molecule has 2 saturated heterocycles. The van der Waals surface area contributed by atoms with Gasteiger partial charge in [-0.25, -0.2) is 0 Å². The Bertz CT molecular complexity index is 961. The standard InChI is InChI=1S/C25H29ClN4O2/c1-18(25(31)28-13-20-8-6-19(12-27)7-9-20)30-16-22-14-29(15-23(17-30)32-22)11-10-21-4-2-3-5-24(21)26/h2-9,18,22-23H,10-11,13-17H2,1H3,(H,28,31). The van der Waals surface area contributed by atoms with Gasteiger partial charge in [0, 0.05) is 44.3 Å². The highest BCUT2D eigenvalue weighted by molar-refractivity contribution is 6.31. The number of morpholine rings is 2. The van der Waals surface area contributed by atoms with Crippen LogP contribution in [0.15, 0.2) is 48.5 Å². The number of nitriles is 1. The van der Waals surface area contributed by atoms with Crippen molar-refractivity contribution in [1.29, 1.82) is 5.26 Å². The fourth-order valence-electron chi connectivity index (χ4n) is 4.49. The Morgan fingerprint density at radius 3 is 2.50 bits per heavy atom. The van der Waals surface area contributed by atoms with Gasteiger partial charge in [0.2, 0.25) is 5.91 Å². The molecule has 2 aromatic carbocycles. The normalized spacial score (nSPS) is 22.2. The molecule has 32 heavy (non-hydrogen) atoms. The number of hydrogen-bond acceptors (Lipinski definition) is 5. The molecule has 2 aliphatic heterocycles. The molecule has 0 spiro atoms. The number of hydrogen-bond donors (Lipinski definition) is 1. The molecule has 0 aliphatic carbocycles. The molecule has 2 heterocycles. The zero-order valence-corrected chi connectivity index (χ0v) is 19.1. The maximum atomic E-state index is 12.7. The quantitative estimate of drug-likeness (QED) is 0.699. The molecule has 7 heteroatoms. The van der Waals surface area contributed by atoms with Crippen molar-refractivity contribution in [3.63, 3.8) is 0 Å². The van der Waals surface area contributed by atoms with Crippen molar-refractivity contribution in [3.05, 3.63) is 70.2 Å². The van der Waals surface area contributed by atoms with Crippen molar-refractivity contribution in [1.82, 2.24) is 15.1 Å². The molecule has 4 rings (SSSR count). The minimum atomic E-state index is -0.211. The number of halogens is 1. The summed E-state index contributed by atoms with van der Waals surface area (Å²) in [6.07, 6.45) is 1.15. The van der Waals surface area contributed by atoms with Crippen LogP contribution in [0.25, 0.3) is 0 Å². The number of benzene rings is 2. The molecule has 2 aliphatic rings. The third-order valence-electron chi connectivity index (χ3n) is 6.32. The van der Waals surface area contributed by atoms with E-state index in [4.69, 9.17) is 21.6 Å². The van der Waals surface area contributed by atoms with E-state index < -0.39 is 0 Å². The SMILES string of the molecule is CC(C(=O)NCc1ccc(C#N)cc1)N1CC2CN(CCc3ccccc3Cl)CC(C1)O2. The first-order valence-corrected chi connectivity index (χ1v) is 11.5. The van der Waals surface area contributed by atoms with E-state index in [-0.39, 0.29) is 24.2 Å². The lowest BCUT2D eigenvalue weighted by Gasteiger charge is -2.47. The lowest BCUT2D eigenvalue weighted by atomic mass is 10.1. The Hall–Kier alpha value is -2.43. The lowest BCUT2D eigenvalue weighted by molar-refractivity contribution is -0.152. The van der Waals surface area contributed by atoms with Crippen LogP contribution >= 0.6 is 11.6 Å². The maximum Gasteiger partial charge on any atom is 0.237 e. The average molecular weight is 453 g/mol. The van der Waals surface area contributed by atoms with Crippen LogP contribution in [0.5, 0.6) is 0 Å². The Morgan fingerprint density at radius 1 is 1.16 bits per heavy atom. The Morgan fingerprint density at radius 2 is 1.84 bits per heavy atom. The van der Waals surface area contributed by atoms with Gasteiger partial charge in [-0.3, -0.25) is 14.6 Å². The monoisotopic (exact) mass is 452 g/mol. The number of carbonyl (C=O) groups is 1. The second-order valence-electron chi connectivity index (χ2n) is 8.64. The topological polar surface area (TPSA) is 68.6 Å². The molecule has 168 valence electrons. The second-order valence-corrected chi connectivity index (χ2v) is 9.04. The summed E-state index contributed by atoms with van der Waals surface area (Å²) in [6, 6.07) is 17.2. The van der Waals surface area contributed by atoms with Crippen LogP contribution in [0, 0.1) is 11.3 Å². The summed E-state index contributed by atoms with van der Waals surface area (Å²) in [5.41, 5.74) is 2.78. The molecule has 6 nitrogen and oxygen atoms in total. The van der Waals surface area contributed by atoms with Gasteiger partial charge in [0.1, 0.15) is 0 Å². The highest BCUT2D eigenvalue weighted by Crippen LogP contribution is 2.22. The van der Waals surface area contributed by atoms with Gasteiger partial charge in [-0.05, 0) is 42.7 Å². The zero-order chi connectivity index (χ0) is 22.5. The predicted molar refractivity (Wildman–Crippen MR) is 124 cm³/mol. The zero-order valence-electron chi connectivity index (χ0n) is 18.3. The fourth-order valence-corrected chi connectivity index (χ4v) is 4.72. The van der Waals surface area contributed by atoms with Gasteiger partial charge in [0.25, 0.3) is 0 Å². The van der Waals surface area contributed by atoms with E-state index in [0.717, 1.165) is 49.7 Å². The van der Waals surface area contributed by atoms with Gasteiger partial charge in [-0.2, -0.15) is 5.26 Å². The van der Waals surface area contributed by atoms with Crippen LogP contribution in [0.2, 0.25) is 5.02 Å². The van der Waals surface area contributed by atoms with Crippen molar-refractivity contribution >= 4 is 17.5 Å². The first-order chi connectivity index (χ1) is 15.5. The first-order valence-electron chi connectivity index (χ1n) is 11.1. The van der Waals surface area contributed by atoms with Gasteiger partial charge in [-0.1, -0.05) is 41.9 Å². The number of nitrogens with one attached hydrogen (secondary N) is 1. The number of rotatable bonds is 7. The van der Waals surface area contributed by atoms with Crippen LogP contribution in [-0.2, 0) is 22.5 Å². The number of ether oxygens (including phenoxy) is 1. The molecular formula is C25H29ClN4O2. The van der Waals surface area contributed by atoms with E-state index >= 15 is 0 Å². The maximum absolute atomic E-state index is 12.7. The van der Waals surface area contributed by atoms with Crippen LogP contribution in [0.4, 0.5) is 0 Å². The Kier molecular flexibility index (Phi) is 7.44. The molecule has 0 radical (unpaired) electrons. The smallest absolute Gasteiger partial charge is 0.237 e. The number of nitrogens with zero attached hydrogens (tertiary/aromatic N) is 3. The average Bonchev–Trinajstić information content (AvgIpc) is 2.81. The Labute approximate surface area is 194 Å². The number of fused-ring (bicyclic) bond motifs is 2. The fraction of sp³-hybridized carbons (Fsp3) is 0.440. The van der Waals surface area contributed by atoms with Gasteiger partial charge in [-0.15, -0.1) is 0 Å². The predicted octanol–water partition coefficient (Wildman–Crippen LogP) is 2.84. The first kappa shape index (κ1) is 22.8. The molecule has 1 N–H and O–H groups in total. The van der Waals surface area contributed by atoms with Gasteiger partial charge in [0.05, 0.1) is 29.9 Å². The molecule has 3 unspecified atom stereocenters. The van der Waals surface area contributed by atoms with Gasteiger partial charge >= 0.3 is 0 Å². The number of amides is 1. The minimum Gasteiger partial charge on any atom is -0.370 e. The summed E-state index contributed by atoms with van der Waals surface area (Å²) >= 11 is 6.30. The Balaban J connectivity index is 1.25. The van der Waals surface area contributed by atoms with Crippen LogP contribution in [0.3, 0.4) is 0 Å². The molecule has 3 atom stereocenters. The molecule has 2 bridgehead atoms. The largest absolute Gasteiger partial charge is 0.370 e. The summed E-state index contributed by atoms with van der Waals surface area (Å²) in [5, 5.41) is 12.7. The summed E-state index contributed by atoms with van der Waals surface area (Å²) in [5.74, 6) is 0.0184. The van der Waals surface area contributed by atoms with E-state index in [0.29, 0.717) is 12.1 Å². The summed E-state index contributed by atoms with van der Waals surface area (Å²) < 4.78 is 6.17. The third kappa shape index (κ3) is 5.67. The highest BCUT2D eigenvalue weighted by Gasteiger charge is 2.37. The number of carbonyl (C=O) groups excluding carboxylic acids is 1.